The average molecular weight is 449 g/mol. The van der Waals surface area contributed by atoms with Crippen LogP contribution < -0.4 is 0 Å². The van der Waals surface area contributed by atoms with Gasteiger partial charge in [0, 0.05) is 30.0 Å². The molecule has 9 heteroatoms. The van der Waals surface area contributed by atoms with Crippen molar-refractivity contribution in [3.8, 4) is 16.6 Å². The lowest BCUT2D eigenvalue weighted by atomic mass is 9.97. The van der Waals surface area contributed by atoms with Gasteiger partial charge in [-0.1, -0.05) is 23.2 Å². The predicted molar refractivity (Wildman–Crippen MR) is 112 cm³/mol. The van der Waals surface area contributed by atoms with E-state index in [0.29, 0.717) is 40.3 Å². The number of carbonyl (C=O) groups is 1. The Morgan fingerprint density at radius 1 is 1.21 bits per heavy atom. The van der Waals surface area contributed by atoms with Crippen molar-refractivity contribution in [2.45, 2.75) is 18.8 Å². The van der Waals surface area contributed by atoms with Crippen LogP contribution in [0.3, 0.4) is 0 Å². The van der Waals surface area contributed by atoms with Gasteiger partial charge in [-0.15, -0.1) is 11.3 Å². The Bertz CT molecular complexity index is 1050. The molecule has 0 aliphatic carbocycles. The van der Waals surface area contributed by atoms with Crippen LogP contribution in [-0.2, 0) is 0 Å². The first-order valence-corrected chi connectivity index (χ1v) is 11.0. The van der Waals surface area contributed by atoms with E-state index in [0.717, 1.165) is 28.4 Å². The van der Waals surface area contributed by atoms with Gasteiger partial charge in [-0.3, -0.25) is 4.79 Å². The Labute approximate surface area is 180 Å². The maximum Gasteiger partial charge on any atom is 0.253 e. The highest BCUT2D eigenvalue weighted by Gasteiger charge is 2.27. The SMILES string of the molecule is N#Cc1ccc(C(=O)N2CCC(c3nc(-c4snc(Cl)c4Cl)cs3)CC2)cc1. The molecule has 28 heavy (non-hydrogen) atoms. The standard InChI is InChI=1S/C19H14Cl2N4OS2/c20-15-16(28-24-17(15)21)14-10-27-18(23-14)12-5-7-25(8-6-12)19(26)13-3-1-11(9-22)2-4-13/h1-4,10,12H,5-8H2. The molecule has 3 heterocycles. The van der Waals surface area contributed by atoms with Gasteiger partial charge in [0.15, 0.2) is 5.15 Å². The number of likely N-dealkylation sites (tertiary alicyclic amines) is 1. The molecule has 5 nitrogen and oxygen atoms in total. The minimum absolute atomic E-state index is 0.00820. The van der Waals surface area contributed by atoms with Gasteiger partial charge in [0.05, 0.1) is 32.2 Å². The van der Waals surface area contributed by atoms with Crippen molar-refractivity contribution in [1.82, 2.24) is 14.3 Å². The number of piperidine rings is 1. The summed E-state index contributed by atoms with van der Waals surface area (Å²) in [5, 5.41) is 12.7. The van der Waals surface area contributed by atoms with Crippen molar-refractivity contribution >= 4 is 52.0 Å². The minimum Gasteiger partial charge on any atom is -0.339 e. The molecule has 0 bridgehead atoms. The smallest absolute Gasteiger partial charge is 0.253 e. The molecule has 0 N–H and O–H groups in total. The van der Waals surface area contributed by atoms with E-state index in [2.05, 4.69) is 10.4 Å². The van der Waals surface area contributed by atoms with E-state index in [1.807, 2.05) is 10.3 Å². The van der Waals surface area contributed by atoms with Gasteiger partial charge in [-0.25, -0.2) is 4.98 Å². The fraction of sp³-hybridized carbons (Fsp3) is 0.263. The number of halogens is 2. The van der Waals surface area contributed by atoms with E-state index in [1.165, 1.54) is 11.5 Å². The van der Waals surface area contributed by atoms with Crippen LogP contribution in [0, 0.1) is 11.3 Å². The number of hydrogen-bond donors (Lipinski definition) is 0. The number of benzene rings is 1. The molecule has 0 radical (unpaired) electrons. The molecule has 2 aromatic heterocycles. The number of nitriles is 1. The van der Waals surface area contributed by atoms with Crippen LogP contribution >= 0.6 is 46.1 Å². The van der Waals surface area contributed by atoms with E-state index in [9.17, 15) is 4.79 Å². The minimum atomic E-state index is 0.00820. The van der Waals surface area contributed by atoms with Crippen molar-refractivity contribution in [3.05, 3.63) is 56.0 Å². The maximum absolute atomic E-state index is 12.7. The quantitative estimate of drug-likeness (QED) is 0.532. The molecule has 4 rings (SSSR count). The summed E-state index contributed by atoms with van der Waals surface area (Å²) in [6.45, 7) is 1.37. The third-order valence-corrected chi connectivity index (χ3v) is 7.57. The highest BCUT2D eigenvalue weighted by atomic mass is 35.5. The molecule has 0 atom stereocenters. The Balaban J connectivity index is 1.41. The number of aromatic nitrogens is 2. The lowest BCUT2D eigenvalue weighted by molar-refractivity contribution is 0.0713. The Morgan fingerprint density at radius 3 is 2.54 bits per heavy atom. The highest BCUT2D eigenvalue weighted by Crippen LogP contribution is 2.39. The summed E-state index contributed by atoms with van der Waals surface area (Å²) in [7, 11) is 0. The molecule has 1 aliphatic rings. The topological polar surface area (TPSA) is 69.9 Å². The molecule has 142 valence electrons. The molecular formula is C19H14Cl2N4OS2. The van der Waals surface area contributed by atoms with Crippen LogP contribution in [0.4, 0.5) is 0 Å². The molecule has 1 amide bonds. The molecule has 1 saturated heterocycles. The molecule has 1 aromatic carbocycles. The van der Waals surface area contributed by atoms with Crippen LogP contribution in [0.5, 0.6) is 0 Å². The summed E-state index contributed by atoms with van der Waals surface area (Å²) in [5.74, 6) is 0.333. The van der Waals surface area contributed by atoms with Crippen molar-refractivity contribution < 1.29 is 4.79 Å². The van der Waals surface area contributed by atoms with Crippen molar-refractivity contribution in [1.29, 1.82) is 5.26 Å². The largest absolute Gasteiger partial charge is 0.339 e. The van der Waals surface area contributed by atoms with Gasteiger partial charge in [-0.2, -0.15) is 9.64 Å². The summed E-state index contributed by atoms with van der Waals surface area (Å²) in [6, 6.07) is 8.84. The van der Waals surface area contributed by atoms with Gasteiger partial charge in [0.25, 0.3) is 5.91 Å². The number of nitrogens with zero attached hydrogens (tertiary/aromatic N) is 4. The van der Waals surface area contributed by atoms with Crippen LogP contribution in [0.15, 0.2) is 29.6 Å². The first-order chi connectivity index (χ1) is 13.6. The summed E-state index contributed by atoms with van der Waals surface area (Å²) < 4.78 is 4.06. The normalized spacial score (nSPS) is 14.8. The molecule has 1 aliphatic heterocycles. The molecule has 0 saturated carbocycles. The zero-order chi connectivity index (χ0) is 19.7. The van der Waals surface area contributed by atoms with Crippen molar-refractivity contribution in [2.75, 3.05) is 13.1 Å². The fourth-order valence-electron chi connectivity index (χ4n) is 3.20. The summed E-state index contributed by atoms with van der Waals surface area (Å²) in [4.78, 5) is 20.1. The van der Waals surface area contributed by atoms with Gasteiger partial charge in [0.2, 0.25) is 0 Å². The van der Waals surface area contributed by atoms with Crippen molar-refractivity contribution in [2.24, 2.45) is 0 Å². The molecule has 0 unspecified atom stereocenters. The number of hydrogen-bond acceptors (Lipinski definition) is 6. The van der Waals surface area contributed by atoms with Gasteiger partial charge in [-0.05, 0) is 48.6 Å². The maximum atomic E-state index is 12.7. The molecule has 1 fully saturated rings. The zero-order valence-electron chi connectivity index (χ0n) is 14.6. The predicted octanol–water partition coefficient (Wildman–Crippen LogP) is 5.46. The fourth-order valence-corrected chi connectivity index (χ4v) is 5.44. The van der Waals surface area contributed by atoms with Crippen LogP contribution in [0.25, 0.3) is 10.6 Å². The lowest BCUT2D eigenvalue weighted by Crippen LogP contribution is -2.37. The zero-order valence-corrected chi connectivity index (χ0v) is 17.7. The van der Waals surface area contributed by atoms with E-state index < -0.39 is 0 Å². The second kappa shape index (κ2) is 8.18. The summed E-state index contributed by atoms with van der Waals surface area (Å²) in [5.41, 5.74) is 1.98. The van der Waals surface area contributed by atoms with Gasteiger partial charge < -0.3 is 4.90 Å². The van der Waals surface area contributed by atoms with Crippen LogP contribution in [0.1, 0.15) is 39.7 Å². The Morgan fingerprint density at radius 2 is 1.93 bits per heavy atom. The lowest BCUT2D eigenvalue weighted by Gasteiger charge is -2.31. The van der Waals surface area contributed by atoms with E-state index in [4.69, 9.17) is 33.4 Å². The first-order valence-electron chi connectivity index (χ1n) is 8.62. The average Bonchev–Trinajstić information content (AvgIpc) is 3.35. The number of thiazole rings is 1. The number of rotatable bonds is 3. The summed E-state index contributed by atoms with van der Waals surface area (Å²) >= 11 is 15.0. The number of amides is 1. The Kier molecular flexibility index (Phi) is 5.65. The third-order valence-electron chi connectivity index (χ3n) is 4.74. The highest BCUT2D eigenvalue weighted by molar-refractivity contribution is 7.12. The third kappa shape index (κ3) is 3.78. The van der Waals surface area contributed by atoms with Gasteiger partial charge >= 0.3 is 0 Å². The molecular weight excluding hydrogens is 435 g/mol. The van der Waals surface area contributed by atoms with Crippen LogP contribution in [-0.4, -0.2) is 33.3 Å². The van der Waals surface area contributed by atoms with Crippen LogP contribution in [0.2, 0.25) is 10.2 Å². The van der Waals surface area contributed by atoms with E-state index in [1.54, 1.807) is 35.6 Å². The molecule has 3 aromatic rings. The molecule has 0 spiro atoms. The first kappa shape index (κ1) is 19.3. The van der Waals surface area contributed by atoms with Gasteiger partial charge in [0.1, 0.15) is 0 Å². The van der Waals surface area contributed by atoms with E-state index in [-0.39, 0.29) is 5.91 Å². The van der Waals surface area contributed by atoms with E-state index >= 15 is 0 Å². The number of carbonyl (C=O) groups excluding carboxylic acids is 1. The van der Waals surface area contributed by atoms with Crippen molar-refractivity contribution in [3.63, 3.8) is 0 Å². The summed E-state index contributed by atoms with van der Waals surface area (Å²) in [6.07, 6.45) is 1.73. The Hall–Kier alpha value is -1.98. The monoisotopic (exact) mass is 448 g/mol. The second-order valence-corrected chi connectivity index (χ2v) is 8.84. The second-order valence-electron chi connectivity index (χ2n) is 6.44.